The largest absolute Gasteiger partial charge is 0.381 e. The molecule has 3 aliphatic heterocycles. The Morgan fingerprint density at radius 3 is 2.29 bits per heavy atom. The first-order chi connectivity index (χ1) is 13.7. The average molecular weight is 382 g/mol. The number of carbonyl (C=O) groups excluding carboxylic acids is 1. The quantitative estimate of drug-likeness (QED) is 0.831. The molecule has 3 fully saturated rings. The van der Waals surface area contributed by atoms with Crippen LogP contribution in [0.25, 0.3) is 0 Å². The molecule has 2 aromatic heterocycles. The molecule has 1 amide bonds. The van der Waals surface area contributed by atoms with Crippen LogP contribution in [0.4, 0.5) is 5.95 Å². The number of carbonyl (C=O) groups is 1. The molecule has 0 aromatic carbocycles. The van der Waals surface area contributed by atoms with E-state index in [1.165, 1.54) is 6.33 Å². The van der Waals surface area contributed by atoms with Gasteiger partial charge in [-0.15, -0.1) is 0 Å². The Morgan fingerprint density at radius 2 is 1.68 bits per heavy atom. The van der Waals surface area contributed by atoms with Crippen LogP contribution >= 0.6 is 0 Å². The first kappa shape index (κ1) is 17.4. The topological polar surface area (TPSA) is 102 Å². The summed E-state index contributed by atoms with van der Waals surface area (Å²) >= 11 is 0. The van der Waals surface area contributed by atoms with E-state index >= 15 is 0 Å². The number of amides is 1. The van der Waals surface area contributed by atoms with Crippen LogP contribution in [0.15, 0.2) is 31.1 Å². The standard InChI is InChI=1S/C19H22N6O3/c26-16(25-9-18(10-25)1-3-27-4-2-18)14-5-22-17(23-6-14)24-19(11-28-12-19)15-7-20-13-21-8-15/h5-8,13H,1-4,9-12H2,(H,22,23,24). The van der Waals surface area contributed by atoms with E-state index < -0.39 is 5.54 Å². The maximum atomic E-state index is 12.7. The van der Waals surface area contributed by atoms with E-state index in [2.05, 4.69) is 25.3 Å². The van der Waals surface area contributed by atoms with Crippen molar-refractivity contribution in [3.8, 4) is 0 Å². The second-order valence-corrected chi connectivity index (χ2v) is 7.90. The van der Waals surface area contributed by atoms with Gasteiger partial charge in [-0.2, -0.15) is 0 Å². The van der Waals surface area contributed by atoms with Crippen molar-refractivity contribution >= 4 is 11.9 Å². The fourth-order valence-corrected chi connectivity index (χ4v) is 4.09. The second kappa shape index (κ2) is 6.75. The summed E-state index contributed by atoms with van der Waals surface area (Å²) < 4.78 is 10.8. The van der Waals surface area contributed by atoms with Gasteiger partial charge in [-0.3, -0.25) is 4.79 Å². The van der Waals surface area contributed by atoms with E-state index in [9.17, 15) is 4.79 Å². The highest BCUT2D eigenvalue weighted by Gasteiger charge is 2.46. The molecule has 9 heteroatoms. The summed E-state index contributed by atoms with van der Waals surface area (Å²) in [6.45, 7) is 4.16. The third-order valence-corrected chi connectivity index (χ3v) is 5.95. The number of aromatic nitrogens is 4. The van der Waals surface area contributed by atoms with E-state index in [0.29, 0.717) is 24.7 Å². The van der Waals surface area contributed by atoms with Crippen molar-refractivity contribution in [1.82, 2.24) is 24.8 Å². The second-order valence-electron chi connectivity index (χ2n) is 7.90. The zero-order chi connectivity index (χ0) is 19.0. The van der Waals surface area contributed by atoms with E-state index in [1.54, 1.807) is 24.8 Å². The van der Waals surface area contributed by atoms with Crippen LogP contribution in [-0.4, -0.2) is 70.3 Å². The molecule has 0 atom stereocenters. The number of rotatable bonds is 4. The van der Waals surface area contributed by atoms with Crippen LogP contribution in [-0.2, 0) is 15.0 Å². The molecule has 3 aliphatic rings. The summed E-state index contributed by atoms with van der Waals surface area (Å²) in [5.74, 6) is 0.440. The van der Waals surface area contributed by atoms with Gasteiger partial charge in [0, 0.05) is 62.1 Å². The third-order valence-electron chi connectivity index (χ3n) is 5.95. The molecule has 28 heavy (non-hydrogen) atoms. The van der Waals surface area contributed by atoms with Crippen LogP contribution in [0.2, 0.25) is 0 Å². The third kappa shape index (κ3) is 3.00. The van der Waals surface area contributed by atoms with E-state index in [0.717, 1.165) is 44.7 Å². The monoisotopic (exact) mass is 382 g/mol. The molecule has 5 rings (SSSR count). The van der Waals surface area contributed by atoms with Crippen molar-refractivity contribution < 1.29 is 14.3 Å². The van der Waals surface area contributed by atoms with Gasteiger partial charge in [-0.1, -0.05) is 0 Å². The number of hydrogen-bond acceptors (Lipinski definition) is 8. The van der Waals surface area contributed by atoms with Crippen LogP contribution in [0.3, 0.4) is 0 Å². The van der Waals surface area contributed by atoms with Gasteiger partial charge >= 0.3 is 0 Å². The van der Waals surface area contributed by atoms with Crippen LogP contribution < -0.4 is 5.32 Å². The van der Waals surface area contributed by atoms with Gasteiger partial charge in [0.15, 0.2) is 0 Å². The number of likely N-dealkylation sites (tertiary alicyclic amines) is 1. The summed E-state index contributed by atoms with van der Waals surface area (Å²) in [6.07, 6.45) is 10.2. The van der Waals surface area contributed by atoms with Gasteiger partial charge < -0.3 is 19.7 Å². The summed E-state index contributed by atoms with van der Waals surface area (Å²) in [7, 11) is 0. The highest BCUT2D eigenvalue weighted by Crippen LogP contribution is 2.40. The molecule has 1 N–H and O–H groups in total. The van der Waals surface area contributed by atoms with E-state index in [4.69, 9.17) is 9.47 Å². The smallest absolute Gasteiger partial charge is 0.257 e. The minimum absolute atomic E-state index is 0.0122. The van der Waals surface area contributed by atoms with Crippen molar-refractivity contribution in [1.29, 1.82) is 0 Å². The van der Waals surface area contributed by atoms with Crippen molar-refractivity contribution in [3.05, 3.63) is 42.2 Å². The van der Waals surface area contributed by atoms with Gasteiger partial charge in [0.2, 0.25) is 5.95 Å². The summed E-state index contributed by atoms with van der Waals surface area (Å²) in [5.41, 5.74) is 1.26. The van der Waals surface area contributed by atoms with Crippen molar-refractivity contribution in [2.45, 2.75) is 18.4 Å². The Morgan fingerprint density at radius 1 is 1.00 bits per heavy atom. The maximum absolute atomic E-state index is 12.7. The predicted molar refractivity (Wildman–Crippen MR) is 98.6 cm³/mol. The fourth-order valence-electron chi connectivity index (χ4n) is 4.09. The lowest BCUT2D eigenvalue weighted by Gasteiger charge is -2.52. The van der Waals surface area contributed by atoms with Gasteiger partial charge in [0.25, 0.3) is 5.91 Å². The summed E-state index contributed by atoms with van der Waals surface area (Å²) in [4.78, 5) is 31.4. The lowest BCUT2D eigenvalue weighted by Crippen LogP contribution is -2.60. The molecule has 0 bridgehead atoms. The lowest BCUT2D eigenvalue weighted by molar-refractivity contribution is -0.0666. The Balaban J connectivity index is 1.24. The zero-order valence-corrected chi connectivity index (χ0v) is 15.5. The predicted octanol–water partition coefficient (Wildman–Crippen LogP) is 0.857. The van der Waals surface area contributed by atoms with Gasteiger partial charge in [-0.05, 0) is 12.8 Å². The number of nitrogens with zero attached hydrogens (tertiary/aromatic N) is 5. The molecule has 0 saturated carbocycles. The Labute approximate surface area is 162 Å². The molecule has 146 valence electrons. The average Bonchev–Trinajstić information content (AvgIpc) is 2.70. The number of anilines is 1. The number of ether oxygens (including phenoxy) is 2. The zero-order valence-electron chi connectivity index (χ0n) is 15.5. The molecule has 3 saturated heterocycles. The highest BCUT2D eigenvalue weighted by atomic mass is 16.5. The fraction of sp³-hybridized carbons (Fsp3) is 0.526. The Kier molecular flexibility index (Phi) is 4.21. The Bertz CT molecular complexity index is 842. The van der Waals surface area contributed by atoms with Crippen LogP contribution in [0.1, 0.15) is 28.8 Å². The summed E-state index contributed by atoms with van der Waals surface area (Å²) in [5, 5.41) is 3.31. The molecular formula is C19H22N6O3. The van der Waals surface area contributed by atoms with Crippen molar-refractivity contribution in [2.75, 3.05) is 44.8 Å². The maximum Gasteiger partial charge on any atom is 0.257 e. The first-order valence-electron chi connectivity index (χ1n) is 9.49. The van der Waals surface area contributed by atoms with Gasteiger partial charge in [0.05, 0.1) is 18.8 Å². The molecule has 1 spiro atoms. The molecule has 5 heterocycles. The van der Waals surface area contributed by atoms with Crippen molar-refractivity contribution in [2.24, 2.45) is 5.41 Å². The molecule has 2 aromatic rings. The van der Waals surface area contributed by atoms with Crippen molar-refractivity contribution in [3.63, 3.8) is 0 Å². The van der Waals surface area contributed by atoms with Gasteiger partial charge in [0.1, 0.15) is 11.9 Å². The SMILES string of the molecule is O=C(c1cnc(NC2(c3cncnc3)COC2)nc1)N1CC2(CCOCC2)C1. The molecule has 0 aliphatic carbocycles. The normalized spacial score (nSPS) is 22.2. The molecule has 0 unspecified atom stereocenters. The molecule has 9 nitrogen and oxygen atoms in total. The first-order valence-corrected chi connectivity index (χ1v) is 9.49. The van der Waals surface area contributed by atoms with Crippen LogP contribution in [0.5, 0.6) is 0 Å². The number of hydrogen-bond donors (Lipinski definition) is 1. The van der Waals surface area contributed by atoms with E-state index in [1.807, 2.05) is 4.90 Å². The van der Waals surface area contributed by atoms with E-state index in [-0.39, 0.29) is 11.3 Å². The highest BCUT2D eigenvalue weighted by molar-refractivity contribution is 5.94. The lowest BCUT2D eigenvalue weighted by atomic mass is 9.73. The molecular weight excluding hydrogens is 360 g/mol. The molecule has 0 radical (unpaired) electrons. The minimum Gasteiger partial charge on any atom is -0.381 e. The van der Waals surface area contributed by atoms with Gasteiger partial charge in [-0.25, -0.2) is 19.9 Å². The number of nitrogens with one attached hydrogen (secondary N) is 1. The summed E-state index contributed by atoms with van der Waals surface area (Å²) in [6, 6.07) is 0. The van der Waals surface area contributed by atoms with Crippen LogP contribution in [0, 0.1) is 5.41 Å². The minimum atomic E-state index is -0.431. The Hall–Kier alpha value is -2.65.